The van der Waals surface area contributed by atoms with Crippen LogP contribution in [0.4, 0.5) is 0 Å². The minimum atomic E-state index is -0.705. The van der Waals surface area contributed by atoms with Gasteiger partial charge in [0.1, 0.15) is 17.7 Å². The van der Waals surface area contributed by atoms with Crippen LogP contribution in [0.1, 0.15) is 6.92 Å². The number of nitrogens with two attached hydrogens (primary N) is 1. The summed E-state index contributed by atoms with van der Waals surface area (Å²) in [7, 11) is 0. The number of esters is 1. The van der Waals surface area contributed by atoms with Gasteiger partial charge in [-0.25, -0.2) is 0 Å². The van der Waals surface area contributed by atoms with Crippen LogP contribution in [-0.2, 0) is 14.3 Å². The lowest BCUT2D eigenvalue weighted by Crippen LogP contribution is -2.36. The molecule has 0 radical (unpaired) electrons. The third-order valence-electron chi connectivity index (χ3n) is 1.81. The maximum atomic E-state index is 10.7. The van der Waals surface area contributed by atoms with Crippen LogP contribution in [0.25, 0.3) is 0 Å². The number of aliphatic hydroxyl groups excluding tert-OH is 1. The number of ether oxygens (including phenoxy) is 2. The van der Waals surface area contributed by atoms with Gasteiger partial charge in [0.05, 0.1) is 6.61 Å². The van der Waals surface area contributed by atoms with Crippen molar-refractivity contribution < 1.29 is 19.4 Å². The van der Waals surface area contributed by atoms with E-state index in [9.17, 15) is 4.79 Å². The summed E-state index contributed by atoms with van der Waals surface area (Å²) in [6, 6.07) is 0. The molecule has 0 aromatic heterocycles. The highest BCUT2D eigenvalue weighted by atomic mass is 35.5. The molecule has 3 N–H and O–H groups in total. The molecule has 1 saturated heterocycles. The number of alkyl halides is 1. The first-order valence-corrected chi connectivity index (χ1v) is 4.33. The minimum Gasteiger partial charge on any atom is -0.458 e. The Bertz CT molecular complexity index is 201. The van der Waals surface area contributed by atoms with E-state index in [1.54, 1.807) is 0 Å². The molecule has 0 bridgehead atoms. The van der Waals surface area contributed by atoms with Gasteiger partial charge in [-0.2, -0.15) is 0 Å². The zero-order valence-corrected chi connectivity index (χ0v) is 7.90. The summed E-state index contributed by atoms with van der Waals surface area (Å²) in [6.45, 7) is 0.997. The van der Waals surface area contributed by atoms with Gasteiger partial charge in [-0.05, 0) is 0 Å². The number of hydrogen-bond donors (Lipinski definition) is 2. The second-order valence-corrected chi connectivity index (χ2v) is 3.34. The molecule has 1 aliphatic heterocycles. The molecule has 0 aromatic carbocycles. The fourth-order valence-electron chi connectivity index (χ4n) is 1.23. The van der Waals surface area contributed by atoms with Crippen LogP contribution >= 0.6 is 11.6 Å². The smallest absolute Gasteiger partial charge is 0.303 e. The normalized spacial score (nSPS) is 39.1. The van der Waals surface area contributed by atoms with Gasteiger partial charge >= 0.3 is 5.97 Å². The molecule has 1 aliphatic rings. The Hall–Kier alpha value is -0.360. The van der Waals surface area contributed by atoms with Crippen molar-refractivity contribution in [3.8, 4) is 0 Å². The standard InChI is InChI=1S/C7H12ClNO4/c1-3(11)12-6-4(2-10)13-7(9)5(6)8/h4-7,10H,2,9H2,1H3/t4-,5-,6-,7?/m1/s1. The Morgan fingerprint density at radius 3 is 2.85 bits per heavy atom. The van der Waals surface area contributed by atoms with Gasteiger partial charge in [-0.3, -0.25) is 4.79 Å². The Balaban J connectivity index is 2.62. The Morgan fingerprint density at radius 1 is 1.77 bits per heavy atom. The summed E-state index contributed by atoms with van der Waals surface area (Å²) in [5.41, 5.74) is 5.45. The number of halogens is 1. The second-order valence-electron chi connectivity index (χ2n) is 2.84. The molecule has 1 rings (SSSR count). The third-order valence-corrected chi connectivity index (χ3v) is 2.30. The zero-order valence-electron chi connectivity index (χ0n) is 7.14. The molecule has 0 amide bonds. The molecule has 13 heavy (non-hydrogen) atoms. The Morgan fingerprint density at radius 2 is 2.38 bits per heavy atom. The maximum Gasteiger partial charge on any atom is 0.303 e. The first-order valence-electron chi connectivity index (χ1n) is 3.89. The number of carbonyl (C=O) groups excluding carboxylic acids is 1. The number of aliphatic hydroxyl groups is 1. The van der Waals surface area contributed by atoms with Gasteiger partial charge < -0.3 is 20.3 Å². The maximum absolute atomic E-state index is 10.7. The Labute approximate surface area is 80.7 Å². The molecule has 0 spiro atoms. The highest BCUT2D eigenvalue weighted by molar-refractivity contribution is 6.21. The SMILES string of the molecule is CC(=O)O[C@@H]1[C@@H](CO)OC(N)[C@@H]1Cl. The lowest BCUT2D eigenvalue weighted by atomic mass is 10.2. The van der Waals surface area contributed by atoms with Crippen molar-refractivity contribution in [1.82, 2.24) is 0 Å². The van der Waals surface area contributed by atoms with E-state index in [1.165, 1.54) is 6.92 Å². The third kappa shape index (κ3) is 2.31. The molecule has 1 heterocycles. The molecule has 4 atom stereocenters. The van der Waals surface area contributed by atoms with Crippen molar-refractivity contribution in [3.05, 3.63) is 0 Å². The molecule has 1 fully saturated rings. The van der Waals surface area contributed by atoms with Gasteiger partial charge in [0, 0.05) is 6.92 Å². The van der Waals surface area contributed by atoms with E-state index in [-0.39, 0.29) is 6.61 Å². The highest BCUT2D eigenvalue weighted by Crippen LogP contribution is 2.25. The summed E-state index contributed by atoms with van der Waals surface area (Å²) >= 11 is 5.81. The van der Waals surface area contributed by atoms with E-state index in [0.717, 1.165) is 0 Å². The monoisotopic (exact) mass is 209 g/mol. The first kappa shape index (κ1) is 10.7. The average molecular weight is 210 g/mol. The molecule has 0 saturated carbocycles. The van der Waals surface area contributed by atoms with Crippen LogP contribution in [0.3, 0.4) is 0 Å². The van der Waals surface area contributed by atoms with Crippen LogP contribution in [0.15, 0.2) is 0 Å². The highest BCUT2D eigenvalue weighted by Gasteiger charge is 2.43. The van der Waals surface area contributed by atoms with Crippen LogP contribution in [-0.4, -0.2) is 41.5 Å². The zero-order chi connectivity index (χ0) is 10.0. The van der Waals surface area contributed by atoms with Gasteiger partial charge in [0.25, 0.3) is 0 Å². The summed E-state index contributed by atoms with van der Waals surface area (Å²) in [5, 5.41) is 8.24. The number of hydrogen-bond acceptors (Lipinski definition) is 5. The van der Waals surface area contributed by atoms with Gasteiger partial charge in [-0.15, -0.1) is 11.6 Å². The van der Waals surface area contributed by atoms with E-state index in [0.29, 0.717) is 0 Å². The summed E-state index contributed by atoms with van der Waals surface area (Å²) in [6.07, 6.45) is -2.00. The van der Waals surface area contributed by atoms with Gasteiger partial charge in [0.2, 0.25) is 0 Å². The fraction of sp³-hybridized carbons (Fsp3) is 0.857. The molecular formula is C7H12ClNO4. The van der Waals surface area contributed by atoms with Crippen LogP contribution < -0.4 is 5.73 Å². The number of rotatable bonds is 2. The molecule has 1 unspecified atom stereocenters. The van der Waals surface area contributed by atoms with Crippen molar-refractivity contribution >= 4 is 17.6 Å². The first-order chi connectivity index (χ1) is 6.06. The summed E-state index contributed by atoms with van der Waals surface area (Å²) in [5.74, 6) is -0.466. The van der Waals surface area contributed by atoms with Crippen molar-refractivity contribution in [1.29, 1.82) is 0 Å². The molecule has 0 aromatic rings. The summed E-state index contributed by atoms with van der Waals surface area (Å²) < 4.78 is 9.92. The van der Waals surface area contributed by atoms with Crippen molar-refractivity contribution in [2.24, 2.45) is 5.73 Å². The molecular weight excluding hydrogens is 198 g/mol. The van der Waals surface area contributed by atoms with Gasteiger partial charge in [0.15, 0.2) is 6.10 Å². The lowest BCUT2D eigenvalue weighted by Gasteiger charge is -2.17. The van der Waals surface area contributed by atoms with Crippen LogP contribution in [0.5, 0.6) is 0 Å². The predicted molar refractivity (Wildman–Crippen MR) is 45.1 cm³/mol. The molecule has 0 aliphatic carbocycles. The van der Waals surface area contributed by atoms with Crippen LogP contribution in [0, 0.1) is 0 Å². The minimum absolute atomic E-state index is 0.269. The van der Waals surface area contributed by atoms with Crippen molar-refractivity contribution in [2.45, 2.75) is 30.7 Å². The molecule has 5 nitrogen and oxygen atoms in total. The van der Waals surface area contributed by atoms with E-state index >= 15 is 0 Å². The van der Waals surface area contributed by atoms with Crippen molar-refractivity contribution in [2.75, 3.05) is 6.61 Å². The largest absolute Gasteiger partial charge is 0.458 e. The average Bonchev–Trinajstić information content (AvgIpc) is 2.31. The quantitative estimate of drug-likeness (QED) is 0.460. The summed E-state index contributed by atoms with van der Waals surface area (Å²) in [4.78, 5) is 10.7. The lowest BCUT2D eigenvalue weighted by molar-refractivity contribution is -0.150. The predicted octanol–water partition coefficient (Wildman–Crippen LogP) is -0.799. The van der Waals surface area contributed by atoms with Gasteiger partial charge in [-0.1, -0.05) is 0 Å². The Kier molecular flexibility index (Phi) is 3.49. The van der Waals surface area contributed by atoms with E-state index in [2.05, 4.69) is 0 Å². The van der Waals surface area contributed by atoms with Crippen LogP contribution in [0.2, 0.25) is 0 Å². The topological polar surface area (TPSA) is 81.8 Å². The van der Waals surface area contributed by atoms with E-state index < -0.39 is 29.8 Å². The van der Waals surface area contributed by atoms with E-state index in [4.69, 9.17) is 31.9 Å². The molecule has 76 valence electrons. The van der Waals surface area contributed by atoms with E-state index in [1.807, 2.05) is 0 Å². The fourth-order valence-corrected chi connectivity index (χ4v) is 1.50. The van der Waals surface area contributed by atoms with Crippen molar-refractivity contribution in [3.63, 3.8) is 0 Å². The molecule has 6 heteroatoms. The second kappa shape index (κ2) is 4.23. The number of carbonyl (C=O) groups is 1.